The Morgan fingerprint density at radius 3 is 2.73 bits per heavy atom. The average molecular weight is 438 g/mol. The van der Waals surface area contributed by atoms with E-state index >= 15 is 0 Å². The number of β-amino-alcohol motifs (C(OH)–C–C–N with tert-alkyl or cyclic N) is 1. The van der Waals surface area contributed by atoms with Gasteiger partial charge in [0.25, 0.3) is 5.72 Å². The monoisotopic (exact) mass is 437 g/mol. The van der Waals surface area contributed by atoms with Crippen molar-refractivity contribution in [2.75, 3.05) is 30.9 Å². The van der Waals surface area contributed by atoms with Gasteiger partial charge in [-0.25, -0.2) is 13.9 Å². The Labute approximate surface area is 164 Å². The molecular formula is C19H19BrFN2O2S+. The van der Waals surface area contributed by atoms with Crippen LogP contribution in [0.5, 0.6) is 5.75 Å². The van der Waals surface area contributed by atoms with Crippen molar-refractivity contribution in [3.8, 4) is 5.75 Å². The van der Waals surface area contributed by atoms with E-state index < -0.39 is 11.5 Å². The van der Waals surface area contributed by atoms with Crippen molar-refractivity contribution < 1.29 is 18.8 Å². The Kier molecular flexibility index (Phi) is 4.71. The molecule has 2 aromatic carbocycles. The topological polar surface area (TPSA) is 35.7 Å². The van der Waals surface area contributed by atoms with Crippen molar-refractivity contribution in [2.45, 2.75) is 12.1 Å². The third kappa shape index (κ3) is 2.92. The molecule has 4 rings (SSSR count). The van der Waals surface area contributed by atoms with E-state index in [9.17, 15) is 9.50 Å². The van der Waals surface area contributed by atoms with Gasteiger partial charge in [0.15, 0.2) is 6.54 Å². The zero-order valence-corrected chi connectivity index (χ0v) is 16.7. The van der Waals surface area contributed by atoms with E-state index in [0.29, 0.717) is 12.3 Å². The predicted molar refractivity (Wildman–Crippen MR) is 106 cm³/mol. The number of hydrogen-bond acceptors (Lipinski definition) is 4. The molecule has 4 nitrogen and oxygen atoms in total. The fourth-order valence-electron chi connectivity index (χ4n) is 3.50. The highest BCUT2D eigenvalue weighted by molar-refractivity contribution is 9.10. The standard InChI is InChI=1S/C19H19BrFN2O2S/c1-25-15-7-8-16(17(21)11-15)19(24)12-22(14-5-3-13(20)4-6-14)18-23(19)9-2-10-26-18/h3-8,11,24H,2,9-10,12H2,1H3/q+1. The fraction of sp³-hybridized carbons (Fsp3) is 0.316. The molecule has 26 heavy (non-hydrogen) atoms. The number of ether oxygens (including phenoxy) is 1. The normalized spacial score (nSPS) is 22.5. The SMILES string of the molecule is COc1ccc(C2(O)CN(c3ccc(Br)cc3)C3=[N+]2CCCS3)c(F)c1. The highest BCUT2D eigenvalue weighted by Gasteiger charge is 2.54. The molecule has 0 saturated carbocycles. The molecule has 0 aromatic heterocycles. The number of amidine groups is 1. The third-order valence-corrected chi connectivity index (χ3v) is 6.51. The molecule has 0 spiro atoms. The third-order valence-electron chi connectivity index (χ3n) is 4.79. The summed E-state index contributed by atoms with van der Waals surface area (Å²) in [6, 6.07) is 12.6. The van der Waals surface area contributed by atoms with Gasteiger partial charge in [-0.2, -0.15) is 0 Å². The van der Waals surface area contributed by atoms with Crippen LogP contribution in [0.1, 0.15) is 12.0 Å². The van der Waals surface area contributed by atoms with Gasteiger partial charge in [-0.15, -0.1) is 0 Å². The fourth-order valence-corrected chi connectivity index (χ4v) is 4.95. The molecule has 1 N–H and O–H groups in total. The summed E-state index contributed by atoms with van der Waals surface area (Å²) >= 11 is 5.15. The molecule has 7 heteroatoms. The lowest BCUT2D eigenvalue weighted by atomic mass is 10.0. The van der Waals surface area contributed by atoms with Gasteiger partial charge in [0.05, 0.1) is 19.2 Å². The van der Waals surface area contributed by atoms with Crippen LogP contribution in [0.15, 0.2) is 46.9 Å². The maximum absolute atomic E-state index is 14.8. The minimum absolute atomic E-state index is 0.276. The summed E-state index contributed by atoms with van der Waals surface area (Å²) in [5, 5.41) is 12.5. The molecule has 0 fully saturated rings. The van der Waals surface area contributed by atoms with Gasteiger partial charge in [0.2, 0.25) is 0 Å². The molecule has 1 unspecified atom stereocenters. The lowest BCUT2D eigenvalue weighted by molar-refractivity contribution is -0.657. The number of aliphatic hydroxyl groups is 1. The molecule has 0 aliphatic carbocycles. The van der Waals surface area contributed by atoms with E-state index in [4.69, 9.17) is 4.74 Å². The molecular weight excluding hydrogens is 419 g/mol. The molecule has 0 bridgehead atoms. The summed E-state index contributed by atoms with van der Waals surface area (Å²) in [6.45, 7) is 0.970. The maximum Gasteiger partial charge on any atom is 0.316 e. The first-order valence-electron chi connectivity index (χ1n) is 8.40. The van der Waals surface area contributed by atoms with E-state index in [1.54, 1.807) is 23.9 Å². The van der Waals surface area contributed by atoms with Gasteiger partial charge < -0.3 is 9.84 Å². The van der Waals surface area contributed by atoms with Gasteiger partial charge >= 0.3 is 5.17 Å². The Hall–Kier alpha value is -1.57. The van der Waals surface area contributed by atoms with E-state index in [1.165, 1.54) is 13.2 Å². The number of methoxy groups -OCH3 is 1. The number of halogens is 2. The van der Waals surface area contributed by atoms with Crippen LogP contribution in [0.25, 0.3) is 0 Å². The molecule has 2 aromatic rings. The molecule has 0 radical (unpaired) electrons. The Bertz CT molecular complexity index is 874. The summed E-state index contributed by atoms with van der Waals surface area (Å²) in [5.74, 6) is 0.967. The molecule has 2 aliphatic heterocycles. The number of hydrogen-bond donors (Lipinski definition) is 1. The minimum atomic E-state index is -1.41. The van der Waals surface area contributed by atoms with E-state index in [-0.39, 0.29) is 12.1 Å². The summed E-state index contributed by atoms with van der Waals surface area (Å²) in [7, 11) is 1.50. The summed E-state index contributed by atoms with van der Waals surface area (Å²) in [6.07, 6.45) is 0.947. The predicted octanol–water partition coefficient (Wildman–Crippen LogP) is 3.77. The Balaban J connectivity index is 1.80. The van der Waals surface area contributed by atoms with Crippen molar-refractivity contribution in [1.82, 2.24) is 0 Å². The van der Waals surface area contributed by atoms with Crippen LogP contribution in [0, 0.1) is 5.82 Å². The minimum Gasteiger partial charge on any atom is -0.497 e. The van der Waals surface area contributed by atoms with Crippen LogP contribution in [0.4, 0.5) is 10.1 Å². The van der Waals surface area contributed by atoms with Gasteiger partial charge in [-0.1, -0.05) is 15.9 Å². The van der Waals surface area contributed by atoms with Crippen molar-refractivity contribution in [1.29, 1.82) is 0 Å². The van der Waals surface area contributed by atoms with Crippen LogP contribution < -0.4 is 9.64 Å². The van der Waals surface area contributed by atoms with Crippen molar-refractivity contribution in [3.05, 3.63) is 58.3 Å². The molecule has 2 heterocycles. The molecule has 2 aliphatic rings. The quantitative estimate of drug-likeness (QED) is 0.741. The Morgan fingerprint density at radius 1 is 1.27 bits per heavy atom. The number of nitrogens with zero attached hydrogens (tertiary/aromatic N) is 2. The van der Waals surface area contributed by atoms with Crippen LogP contribution in [0.3, 0.4) is 0 Å². The lowest BCUT2D eigenvalue weighted by Crippen LogP contribution is -2.42. The zero-order valence-electron chi connectivity index (χ0n) is 14.3. The number of rotatable bonds is 3. The maximum atomic E-state index is 14.8. The zero-order chi connectivity index (χ0) is 18.3. The van der Waals surface area contributed by atoms with Crippen LogP contribution >= 0.6 is 27.7 Å². The first-order chi connectivity index (χ1) is 12.5. The first kappa shape index (κ1) is 17.8. The van der Waals surface area contributed by atoms with Crippen LogP contribution in [-0.2, 0) is 5.72 Å². The molecule has 136 valence electrons. The van der Waals surface area contributed by atoms with Gasteiger partial charge in [-0.05, 0) is 54.6 Å². The highest BCUT2D eigenvalue weighted by atomic mass is 79.9. The van der Waals surface area contributed by atoms with E-state index in [0.717, 1.165) is 27.5 Å². The van der Waals surface area contributed by atoms with Gasteiger partial charge in [0.1, 0.15) is 17.3 Å². The second-order valence-corrected chi connectivity index (χ2v) is 8.34. The number of benzene rings is 2. The van der Waals surface area contributed by atoms with Crippen LogP contribution in [0.2, 0.25) is 0 Å². The molecule has 1 atom stereocenters. The van der Waals surface area contributed by atoms with E-state index in [2.05, 4.69) is 20.8 Å². The average Bonchev–Trinajstić information content (AvgIpc) is 2.96. The van der Waals surface area contributed by atoms with Gasteiger partial charge in [-0.3, -0.25) is 0 Å². The van der Waals surface area contributed by atoms with Gasteiger partial charge in [0, 0.05) is 16.3 Å². The molecule has 0 amide bonds. The van der Waals surface area contributed by atoms with Crippen molar-refractivity contribution in [3.63, 3.8) is 0 Å². The highest BCUT2D eigenvalue weighted by Crippen LogP contribution is 2.39. The number of thioether (sulfide) groups is 1. The van der Waals surface area contributed by atoms with E-state index in [1.807, 2.05) is 28.8 Å². The van der Waals surface area contributed by atoms with Crippen molar-refractivity contribution in [2.24, 2.45) is 0 Å². The molecule has 0 saturated heterocycles. The lowest BCUT2D eigenvalue weighted by Gasteiger charge is -2.24. The second kappa shape index (κ2) is 6.87. The first-order valence-corrected chi connectivity index (χ1v) is 10.2. The largest absolute Gasteiger partial charge is 0.497 e. The summed E-state index contributed by atoms with van der Waals surface area (Å²) in [4.78, 5) is 2.07. The van der Waals surface area contributed by atoms with Crippen molar-refractivity contribution >= 4 is 38.5 Å². The summed E-state index contributed by atoms with van der Waals surface area (Å²) < 4.78 is 22.8. The second-order valence-electron chi connectivity index (χ2n) is 6.36. The van der Waals surface area contributed by atoms with Crippen LogP contribution in [-0.4, -0.2) is 40.8 Å². The summed E-state index contributed by atoms with van der Waals surface area (Å²) in [5.41, 5.74) is -0.156. The Morgan fingerprint density at radius 2 is 2.04 bits per heavy atom. The smallest absolute Gasteiger partial charge is 0.316 e. The number of anilines is 1.